The van der Waals surface area contributed by atoms with E-state index in [1.807, 2.05) is 72.6 Å². The zero-order chi connectivity index (χ0) is 70.5. The molecule has 2 aromatic heterocycles. The fraction of sp³-hybridized carbons (Fsp3) is 0.451. The smallest absolute Gasteiger partial charge is 0.255 e. The van der Waals surface area contributed by atoms with Crippen LogP contribution < -0.4 is 56.5 Å². The average Bonchev–Trinajstić information content (AvgIpc) is 1.50. The zero-order valence-electron chi connectivity index (χ0n) is 56.4. The molecule has 5 aromatic rings. The number of nitrogens with zero attached hydrogens (tertiary/aromatic N) is 9. The van der Waals surface area contributed by atoms with Gasteiger partial charge in [-0.2, -0.15) is 0 Å². The molecular weight excluding hydrogens is 1290 g/mol. The number of anilines is 3. The van der Waals surface area contributed by atoms with E-state index in [0.717, 1.165) is 59.1 Å². The highest BCUT2D eigenvalue weighted by molar-refractivity contribution is 6.13. The lowest BCUT2D eigenvalue weighted by Crippen LogP contribution is -2.58. The van der Waals surface area contributed by atoms with Gasteiger partial charge in [-0.05, 0) is 85.7 Å². The minimum atomic E-state index is -1.16. The molecular formula is C71H85N15O14. The van der Waals surface area contributed by atoms with Gasteiger partial charge in [-0.1, -0.05) is 61.9 Å². The number of ether oxygens (including phenoxy) is 4. The van der Waals surface area contributed by atoms with Gasteiger partial charge in [0.25, 0.3) is 17.7 Å². The Kier molecular flexibility index (Phi) is 23.1. The molecule has 7 N–H and O–H groups in total. The van der Waals surface area contributed by atoms with Crippen molar-refractivity contribution < 1.29 is 66.9 Å². The molecule has 29 nitrogen and oxygen atoms in total. The van der Waals surface area contributed by atoms with Crippen LogP contribution in [0.2, 0.25) is 0 Å². The Morgan fingerprint density at radius 2 is 1.59 bits per heavy atom. The number of piperidine rings is 1. The Hall–Kier alpha value is -10.4. The van der Waals surface area contributed by atoms with E-state index in [4.69, 9.17) is 39.9 Å². The minimum absolute atomic E-state index is 0.0204. The van der Waals surface area contributed by atoms with Crippen LogP contribution in [0.5, 0.6) is 11.6 Å². The first-order chi connectivity index (χ1) is 48.3. The highest BCUT2D eigenvalue weighted by atomic mass is 16.7. The molecule has 3 aromatic carbocycles. The van der Waals surface area contributed by atoms with E-state index in [1.165, 1.54) is 12.2 Å². The van der Waals surface area contributed by atoms with E-state index in [-0.39, 0.29) is 63.6 Å². The fourth-order valence-electron chi connectivity index (χ4n) is 13.8. The molecule has 11 rings (SSSR count). The predicted molar refractivity (Wildman–Crippen MR) is 365 cm³/mol. The first kappa shape index (κ1) is 70.9. The Balaban J connectivity index is 0.713. The second kappa shape index (κ2) is 32.5. The molecule has 0 aliphatic carbocycles. The molecule has 0 bridgehead atoms. The van der Waals surface area contributed by atoms with E-state index in [1.54, 1.807) is 36.3 Å². The number of nitrogens with one attached hydrogen (secondary N) is 5. The van der Waals surface area contributed by atoms with Crippen LogP contribution in [0, 0.1) is 12.8 Å². The summed E-state index contributed by atoms with van der Waals surface area (Å²) >= 11 is 0. The molecule has 100 heavy (non-hydrogen) atoms. The van der Waals surface area contributed by atoms with Gasteiger partial charge < -0.3 is 65.5 Å². The molecule has 0 saturated carbocycles. The van der Waals surface area contributed by atoms with Gasteiger partial charge in [0.2, 0.25) is 47.2 Å². The molecule has 8 heterocycles. The van der Waals surface area contributed by atoms with Gasteiger partial charge in [-0.3, -0.25) is 63.1 Å². The number of fused-ring (bicyclic) bond motifs is 4. The summed E-state index contributed by atoms with van der Waals surface area (Å²) in [4.78, 5) is 145. The molecule has 10 amide bonds. The van der Waals surface area contributed by atoms with Crippen molar-refractivity contribution in [1.29, 1.82) is 0 Å². The van der Waals surface area contributed by atoms with Crippen LogP contribution in [0.25, 0.3) is 11.3 Å². The summed E-state index contributed by atoms with van der Waals surface area (Å²) < 4.78 is 23.7. The molecule has 5 atom stereocenters. The summed E-state index contributed by atoms with van der Waals surface area (Å²) in [6.07, 6.45) is 6.44. The SMILES string of the molecule is CC[C@@]12C[C@@H](Oc3ncc(CN4CCN(c5ccc6c(c5)C(=O)N([C@H]5CCC(=O)NC5=O)C6)CC4)cc3C)CN1c1cc(-c3ccccc3OCOCCOC)nnc1N(CNC(=O)CNC(=O)[C@H](Cc1ccccc1)NC(=O)CNC(=O)CC(CCCCN1C(=O)C=CC1=O)C(N)=O)C2. The summed E-state index contributed by atoms with van der Waals surface area (Å²) in [6.45, 7) is 8.93. The number of aryl methyl sites for hydroxylation is 1. The van der Waals surface area contributed by atoms with E-state index in [2.05, 4.69) is 54.3 Å². The highest BCUT2D eigenvalue weighted by Crippen LogP contribution is 2.48. The van der Waals surface area contributed by atoms with Gasteiger partial charge in [-0.15, -0.1) is 10.2 Å². The van der Waals surface area contributed by atoms with Crippen molar-refractivity contribution in [2.75, 3.05) is 107 Å². The Morgan fingerprint density at radius 3 is 2.34 bits per heavy atom. The first-order valence-electron chi connectivity index (χ1n) is 33.9. The Labute approximate surface area is 578 Å². The second-order valence-electron chi connectivity index (χ2n) is 25.9. The van der Waals surface area contributed by atoms with E-state index in [0.29, 0.717) is 111 Å². The third-order valence-electron chi connectivity index (χ3n) is 19.2. The van der Waals surface area contributed by atoms with E-state index < -0.39 is 83.9 Å². The monoisotopic (exact) mass is 1370 g/mol. The molecule has 3 fully saturated rings. The maximum atomic E-state index is 14.0. The lowest BCUT2D eigenvalue weighted by atomic mass is 9.89. The summed E-state index contributed by atoms with van der Waals surface area (Å²) in [6, 6.07) is 24.6. The zero-order valence-corrected chi connectivity index (χ0v) is 56.4. The van der Waals surface area contributed by atoms with Crippen molar-refractivity contribution >= 4 is 76.3 Å². The van der Waals surface area contributed by atoms with Gasteiger partial charge in [0, 0.05) is 132 Å². The lowest BCUT2D eigenvalue weighted by Gasteiger charge is -2.48. The molecule has 6 aliphatic rings. The predicted octanol–water partition coefficient (Wildman–Crippen LogP) is 2.18. The highest BCUT2D eigenvalue weighted by Gasteiger charge is 2.51. The van der Waals surface area contributed by atoms with E-state index >= 15 is 0 Å². The summed E-state index contributed by atoms with van der Waals surface area (Å²) in [5.41, 5.74) is 12.1. The molecule has 0 spiro atoms. The number of hydrogen-bond donors (Lipinski definition) is 6. The quantitative estimate of drug-likeness (QED) is 0.0204. The second-order valence-corrected chi connectivity index (χ2v) is 25.9. The van der Waals surface area contributed by atoms with Crippen LogP contribution in [-0.4, -0.2) is 205 Å². The number of benzene rings is 3. The first-order valence-corrected chi connectivity index (χ1v) is 33.9. The number of pyridine rings is 1. The normalized spacial score (nSPS) is 19.4. The van der Waals surface area contributed by atoms with Gasteiger partial charge in [0.05, 0.1) is 56.4 Å². The summed E-state index contributed by atoms with van der Waals surface area (Å²) in [5.74, 6) is -4.32. The average molecular weight is 1370 g/mol. The molecule has 29 heteroatoms. The van der Waals surface area contributed by atoms with Crippen LogP contribution in [0.1, 0.15) is 90.9 Å². The molecule has 1 unspecified atom stereocenters. The number of hydrogen-bond acceptors (Lipinski definition) is 21. The van der Waals surface area contributed by atoms with Crippen molar-refractivity contribution in [2.45, 2.75) is 108 Å². The van der Waals surface area contributed by atoms with Crippen molar-refractivity contribution in [2.24, 2.45) is 11.7 Å². The number of unbranched alkanes of at least 4 members (excludes halogenated alkanes) is 1. The number of carbonyl (C=O) groups excluding carboxylic acids is 10. The number of amides is 10. The maximum absolute atomic E-state index is 14.0. The number of methoxy groups -OCH3 is 1. The van der Waals surface area contributed by atoms with Gasteiger partial charge >= 0.3 is 0 Å². The Bertz CT molecular complexity index is 3910. The number of primary amides is 1. The van der Waals surface area contributed by atoms with Crippen molar-refractivity contribution in [3.05, 3.63) is 131 Å². The summed E-state index contributed by atoms with van der Waals surface area (Å²) in [5, 5.41) is 22.8. The minimum Gasteiger partial charge on any atom is -0.472 e. The topological polar surface area (TPSA) is 352 Å². The van der Waals surface area contributed by atoms with Crippen molar-refractivity contribution in [3.63, 3.8) is 0 Å². The number of imide groups is 2. The van der Waals surface area contributed by atoms with Gasteiger partial charge in [0.1, 0.15) is 23.9 Å². The molecule has 528 valence electrons. The largest absolute Gasteiger partial charge is 0.472 e. The third-order valence-corrected chi connectivity index (χ3v) is 19.2. The van der Waals surface area contributed by atoms with Gasteiger partial charge in [0.15, 0.2) is 12.6 Å². The van der Waals surface area contributed by atoms with Crippen LogP contribution in [0.15, 0.2) is 103 Å². The standard InChI is InChI=1S/C71H85N15O14/c1-4-71-35-51(100-69-45(2)30-47(36-75-69)39-81-24-26-82(27-25-81)50-18-17-49-40-85(70(96)53(49)33-50)56-19-20-59(87)78-68(56)95)41-86(71)57-34-54(52-15-8-9-16-58(52)99-44-98-29-28-97-3)79-80-66(57)83(42-71)43-76-61(89)37-74-67(94)55(31-46-12-6-5-7-13-46)77-62(90)38-73-60(88)32-48(65(72)93)14-10-11-23-84-63(91)21-22-64(84)92/h5-9,12-13,15-18,21-22,30,33-34,36,48,51,55-56H,4,10-11,14,19-20,23-29,31-32,35,37-44H2,1-3H3,(H2,72,93)(H,73,88)(H,74,94)(H,76,89)(H,77,90)(H,78,87,95)/t48?,51-,55+,56+,71+/m1/s1. The van der Waals surface area contributed by atoms with Crippen LogP contribution in [-0.2, 0) is 72.1 Å². The number of para-hydroxylation sites is 1. The van der Waals surface area contributed by atoms with Crippen molar-refractivity contribution in [1.82, 2.24) is 56.5 Å². The number of rotatable bonds is 32. The number of nitrogens with two attached hydrogens (primary N) is 1. The lowest BCUT2D eigenvalue weighted by molar-refractivity contribution is -0.138. The van der Waals surface area contributed by atoms with E-state index in [9.17, 15) is 47.9 Å². The number of piperazine rings is 1. The maximum Gasteiger partial charge on any atom is 0.255 e. The molecule has 0 radical (unpaired) electrons. The Morgan fingerprint density at radius 1 is 0.820 bits per heavy atom. The molecule has 3 saturated heterocycles. The third kappa shape index (κ3) is 17.2. The molecule has 6 aliphatic heterocycles. The fourth-order valence-corrected chi connectivity index (χ4v) is 13.8. The van der Waals surface area contributed by atoms with Gasteiger partial charge in [-0.25, -0.2) is 4.98 Å². The number of carbonyl (C=O) groups is 10. The van der Waals surface area contributed by atoms with Crippen molar-refractivity contribution in [3.8, 4) is 22.9 Å². The number of aromatic nitrogens is 3. The van der Waals surface area contributed by atoms with Crippen LogP contribution in [0.3, 0.4) is 0 Å². The summed E-state index contributed by atoms with van der Waals surface area (Å²) in [7, 11) is 1.59. The van der Waals surface area contributed by atoms with Crippen LogP contribution >= 0.6 is 0 Å². The van der Waals surface area contributed by atoms with Crippen LogP contribution in [0.4, 0.5) is 17.2 Å².